The summed E-state index contributed by atoms with van der Waals surface area (Å²) in [5.41, 5.74) is 0.346. The van der Waals surface area contributed by atoms with Gasteiger partial charge >= 0.3 is 11.9 Å². The second-order valence-electron chi connectivity index (χ2n) is 15.0. The summed E-state index contributed by atoms with van der Waals surface area (Å²) >= 11 is 0. The largest absolute Gasteiger partial charge is 0.461 e. The zero-order valence-corrected chi connectivity index (χ0v) is 38.0. The average molecular weight is 866 g/mol. The van der Waals surface area contributed by atoms with Gasteiger partial charge in [-0.1, -0.05) is 109 Å². The summed E-state index contributed by atoms with van der Waals surface area (Å²) in [5, 5.41) is 2.74. The van der Waals surface area contributed by atoms with E-state index in [0.29, 0.717) is 111 Å². The number of aromatic nitrogens is 2. The van der Waals surface area contributed by atoms with Crippen molar-refractivity contribution < 1.29 is 52.3 Å². The van der Waals surface area contributed by atoms with Gasteiger partial charge in [0.15, 0.2) is 0 Å². The first-order chi connectivity index (χ1) is 30.1. The summed E-state index contributed by atoms with van der Waals surface area (Å²) in [4.78, 5) is 42.4. The SMILES string of the molecule is CCCC/C=C\COC(=O)CCCCCCCOCC(COCCOCCOCCOCCNC(=O)c1c[nH]cn1)OCCCCCCCC(=O)OC/C=C\CCCCCC. The topological polar surface area (TPSA) is 166 Å². The second-order valence-corrected chi connectivity index (χ2v) is 15.0. The van der Waals surface area contributed by atoms with Crippen LogP contribution in [-0.4, -0.2) is 126 Å². The van der Waals surface area contributed by atoms with Crippen LogP contribution in [0.15, 0.2) is 36.8 Å². The van der Waals surface area contributed by atoms with Crippen molar-refractivity contribution >= 4 is 17.8 Å². The fraction of sp³-hybridized carbons (Fsp3) is 0.787. The molecule has 1 atom stereocenters. The van der Waals surface area contributed by atoms with Crippen LogP contribution < -0.4 is 5.32 Å². The molecule has 0 bridgehead atoms. The standard InChI is InChI=1S/C47H83N3O11/c1-3-5-7-9-10-17-24-31-61-46(52)26-20-14-12-18-22-29-59-43(40-57-28-21-16-11-13-19-25-45(51)60-30-23-15-8-6-4-2)41-58-38-37-56-36-35-55-34-33-54-32-27-49-47(53)44-39-48-42-50-44/h15,17,23-24,39,42-43H,3-14,16,18-22,25-38,40-41H2,1-2H3,(H,48,50)(H,49,53)/b23-15-,24-17-. The minimum atomic E-state index is -0.242. The Morgan fingerprint density at radius 2 is 1.08 bits per heavy atom. The van der Waals surface area contributed by atoms with E-state index >= 15 is 0 Å². The van der Waals surface area contributed by atoms with Crippen molar-refractivity contribution in [3.63, 3.8) is 0 Å². The molecular formula is C47H83N3O11. The van der Waals surface area contributed by atoms with Crippen LogP contribution in [0.1, 0.15) is 153 Å². The molecule has 0 aliphatic carbocycles. The van der Waals surface area contributed by atoms with Crippen LogP contribution in [0.4, 0.5) is 0 Å². The molecule has 0 spiro atoms. The Bertz CT molecular complexity index is 1180. The maximum absolute atomic E-state index is 12.0. The summed E-state index contributed by atoms with van der Waals surface area (Å²) in [6.45, 7) is 10.7. The van der Waals surface area contributed by atoms with Crippen molar-refractivity contribution in [2.75, 3.05) is 92.4 Å². The number of nitrogens with zero attached hydrogens (tertiary/aromatic N) is 1. The third-order valence-electron chi connectivity index (χ3n) is 9.50. The number of imidazole rings is 1. The zero-order chi connectivity index (χ0) is 43.9. The zero-order valence-electron chi connectivity index (χ0n) is 38.0. The molecule has 352 valence electrons. The van der Waals surface area contributed by atoms with E-state index in [1.54, 1.807) is 6.20 Å². The van der Waals surface area contributed by atoms with Crippen LogP contribution in [0.2, 0.25) is 0 Å². The van der Waals surface area contributed by atoms with Crippen LogP contribution >= 0.6 is 0 Å². The number of carbonyl (C=O) groups is 3. The predicted molar refractivity (Wildman–Crippen MR) is 239 cm³/mol. The highest BCUT2D eigenvalue weighted by Gasteiger charge is 2.11. The number of carbonyl (C=O) groups excluding carboxylic acids is 3. The van der Waals surface area contributed by atoms with Gasteiger partial charge in [-0.3, -0.25) is 14.4 Å². The first kappa shape index (κ1) is 55.9. The molecule has 14 nitrogen and oxygen atoms in total. The van der Waals surface area contributed by atoms with Gasteiger partial charge in [0.05, 0.1) is 65.8 Å². The molecule has 0 fully saturated rings. The molecule has 1 rings (SSSR count). The maximum Gasteiger partial charge on any atom is 0.306 e. The number of aromatic amines is 1. The summed E-state index contributed by atoms with van der Waals surface area (Å²) in [7, 11) is 0. The van der Waals surface area contributed by atoms with Crippen molar-refractivity contribution in [2.24, 2.45) is 0 Å². The number of H-pyrrole nitrogens is 1. The summed E-state index contributed by atoms with van der Waals surface area (Å²) in [6, 6.07) is 0. The molecule has 0 saturated carbocycles. The van der Waals surface area contributed by atoms with Crippen molar-refractivity contribution in [3.05, 3.63) is 42.5 Å². The van der Waals surface area contributed by atoms with Gasteiger partial charge in [0.2, 0.25) is 0 Å². The van der Waals surface area contributed by atoms with Crippen LogP contribution in [0, 0.1) is 0 Å². The lowest BCUT2D eigenvalue weighted by molar-refractivity contribution is -0.143. The van der Waals surface area contributed by atoms with E-state index in [0.717, 1.165) is 83.5 Å². The van der Waals surface area contributed by atoms with E-state index in [1.807, 2.05) is 12.2 Å². The lowest BCUT2D eigenvalue weighted by Crippen LogP contribution is -2.28. The first-order valence-corrected chi connectivity index (χ1v) is 23.4. The molecule has 2 N–H and O–H groups in total. The molecule has 0 aromatic carbocycles. The van der Waals surface area contributed by atoms with Gasteiger partial charge in [-0.25, -0.2) is 4.98 Å². The summed E-state index contributed by atoms with van der Waals surface area (Å²) in [6.07, 6.45) is 31.0. The summed E-state index contributed by atoms with van der Waals surface area (Å²) in [5.74, 6) is -0.486. The number of amides is 1. The molecule has 0 radical (unpaired) electrons. The lowest BCUT2D eigenvalue weighted by Gasteiger charge is -2.18. The van der Waals surface area contributed by atoms with E-state index < -0.39 is 0 Å². The molecule has 1 aromatic rings. The van der Waals surface area contributed by atoms with E-state index in [4.69, 9.17) is 37.9 Å². The highest BCUT2D eigenvalue weighted by Crippen LogP contribution is 2.10. The van der Waals surface area contributed by atoms with Crippen molar-refractivity contribution in [1.29, 1.82) is 0 Å². The maximum atomic E-state index is 12.0. The van der Waals surface area contributed by atoms with Crippen LogP contribution in [-0.2, 0) is 47.5 Å². The van der Waals surface area contributed by atoms with Gasteiger partial charge in [-0.15, -0.1) is 0 Å². The van der Waals surface area contributed by atoms with Crippen molar-refractivity contribution in [2.45, 2.75) is 148 Å². The molecule has 61 heavy (non-hydrogen) atoms. The van der Waals surface area contributed by atoms with Gasteiger partial charge in [0, 0.05) is 38.8 Å². The normalized spacial score (nSPS) is 12.1. The van der Waals surface area contributed by atoms with Gasteiger partial charge in [-0.2, -0.15) is 0 Å². The van der Waals surface area contributed by atoms with Crippen molar-refractivity contribution in [3.8, 4) is 0 Å². The Morgan fingerprint density at radius 1 is 0.574 bits per heavy atom. The van der Waals surface area contributed by atoms with Gasteiger partial charge < -0.3 is 48.2 Å². The Labute approximate surface area is 367 Å². The van der Waals surface area contributed by atoms with E-state index in [2.05, 4.69) is 41.3 Å². The molecule has 1 aromatic heterocycles. The predicted octanol–water partition coefficient (Wildman–Crippen LogP) is 8.65. The lowest BCUT2D eigenvalue weighted by atomic mass is 10.1. The Hall–Kier alpha value is -3.14. The number of esters is 2. The van der Waals surface area contributed by atoms with Gasteiger partial charge in [0.25, 0.3) is 5.91 Å². The molecule has 0 aliphatic heterocycles. The number of nitrogens with one attached hydrogen (secondary N) is 2. The molecule has 1 heterocycles. The molecule has 1 unspecified atom stereocenters. The summed E-state index contributed by atoms with van der Waals surface area (Å²) < 4.78 is 45.3. The minimum absolute atomic E-state index is 0.122. The fourth-order valence-electron chi connectivity index (χ4n) is 5.91. The number of hydrogen-bond donors (Lipinski definition) is 2. The number of ether oxygens (including phenoxy) is 8. The van der Waals surface area contributed by atoms with Crippen molar-refractivity contribution in [1.82, 2.24) is 15.3 Å². The van der Waals surface area contributed by atoms with Gasteiger partial charge in [-0.05, 0) is 44.9 Å². The van der Waals surface area contributed by atoms with E-state index in [1.165, 1.54) is 38.4 Å². The molecule has 14 heteroatoms. The third-order valence-corrected chi connectivity index (χ3v) is 9.50. The molecule has 0 aliphatic rings. The number of hydrogen-bond acceptors (Lipinski definition) is 12. The molecule has 0 saturated heterocycles. The fourth-order valence-corrected chi connectivity index (χ4v) is 5.91. The Kier molecular flexibility index (Phi) is 41.1. The first-order valence-electron chi connectivity index (χ1n) is 23.4. The van der Waals surface area contributed by atoms with Crippen LogP contribution in [0.5, 0.6) is 0 Å². The smallest absolute Gasteiger partial charge is 0.306 e. The highest BCUT2D eigenvalue weighted by molar-refractivity contribution is 5.91. The average Bonchev–Trinajstić information content (AvgIpc) is 3.81. The number of rotatable bonds is 46. The monoisotopic (exact) mass is 866 g/mol. The number of unbranched alkanes of at least 4 members (excludes halogenated alkanes) is 14. The molecular weight excluding hydrogens is 783 g/mol. The highest BCUT2D eigenvalue weighted by atomic mass is 16.6. The van der Waals surface area contributed by atoms with E-state index in [-0.39, 0.29) is 23.9 Å². The number of allylic oxidation sites excluding steroid dienone is 2. The van der Waals surface area contributed by atoms with Crippen LogP contribution in [0.25, 0.3) is 0 Å². The van der Waals surface area contributed by atoms with E-state index in [9.17, 15) is 14.4 Å². The quantitative estimate of drug-likeness (QED) is 0.0365. The third kappa shape index (κ3) is 39.5. The minimum Gasteiger partial charge on any atom is -0.461 e. The Balaban J connectivity index is 2.16. The molecule has 1 amide bonds. The second kappa shape index (κ2) is 44.9. The Morgan fingerprint density at radius 3 is 1.67 bits per heavy atom. The van der Waals surface area contributed by atoms with Gasteiger partial charge in [0.1, 0.15) is 25.0 Å². The van der Waals surface area contributed by atoms with Crippen LogP contribution in [0.3, 0.4) is 0 Å².